The van der Waals surface area contributed by atoms with Gasteiger partial charge in [-0.3, -0.25) is 14.7 Å². The number of rotatable bonds is 1. The highest BCUT2D eigenvalue weighted by Gasteiger charge is 2.35. The summed E-state index contributed by atoms with van der Waals surface area (Å²) in [6.45, 7) is 6.78. The third kappa shape index (κ3) is 4.62. The number of piperidine rings is 1. The second-order valence-electron chi connectivity index (χ2n) is 6.21. The highest BCUT2D eigenvalue weighted by Crippen LogP contribution is 2.21. The number of nitrogens with one attached hydrogen (secondary N) is 1. The number of likely N-dealkylation sites (tertiary alicyclic amines) is 1. The Morgan fingerprint density at radius 2 is 2.14 bits per heavy atom. The molecule has 0 aromatic rings. The summed E-state index contributed by atoms with van der Waals surface area (Å²) in [6.07, 6.45) is 2.10. The van der Waals surface area contributed by atoms with Gasteiger partial charge in [-0.2, -0.15) is 0 Å². The predicted octanol–water partition coefficient (Wildman–Crippen LogP) is 2.00. The van der Waals surface area contributed by atoms with Gasteiger partial charge >= 0.3 is 6.09 Å². The summed E-state index contributed by atoms with van der Waals surface area (Å²) >= 11 is 1.54. The standard InChI is InChI=1S/C14H23N3O3S/c1-14(2,3)20-13(19)17-8-5-4-6-10(17)11(18)16-12-15-7-9-21-12/h10H,4-9H2,1-3H3,(H,15,16,18)/t10-/m1/s1. The molecule has 2 amide bonds. The third-order valence-corrected chi connectivity index (χ3v) is 4.14. The highest BCUT2D eigenvalue weighted by molar-refractivity contribution is 8.14. The molecule has 2 heterocycles. The molecule has 0 aromatic carbocycles. The maximum atomic E-state index is 12.4. The molecule has 0 spiro atoms. The quantitative estimate of drug-likeness (QED) is 0.803. The summed E-state index contributed by atoms with van der Waals surface area (Å²) < 4.78 is 5.40. The van der Waals surface area contributed by atoms with Crippen LogP contribution >= 0.6 is 11.8 Å². The molecule has 1 saturated heterocycles. The van der Waals surface area contributed by atoms with Gasteiger partial charge in [-0.25, -0.2) is 4.79 Å². The van der Waals surface area contributed by atoms with Crippen LogP contribution in [0.5, 0.6) is 0 Å². The molecule has 0 aliphatic carbocycles. The van der Waals surface area contributed by atoms with E-state index in [4.69, 9.17) is 4.74 Å². The topological polar surface area (TPSA) is 71.0 Å². The lowest BCUT2D eigenvalue weighted by Crippen LogP contribution is -2.53. The van der Waals surface area contributed by atoms with Crippen LogP contribution in [0.15, 0.2) is 4.99 Å². The third-order valence-electron chi connectivity index (χ3n) is 3.25. The second kappa shape index (κ2) is 6.68. The van der Waals surface area contributed by atoms with Gasteiger partial charge in [-0.1, -0.05) is 11.8 Å². The van der Waals surface area contributed by atoms with Gasteiger partial charge in [0, 0.05) is 12.3 Å². The Hall–Kier alpha value is -1.24. The van der Waals surface area contributed by atoms with E-state index < -0.39 is 17.7 Å². The Morgan fingerprint density at radius 3 is 2.76 bits per heavy atom. The van der Waals surface area contributed by atoms with Crippen LogP contribution in [-0.4, -0.2) is 52.6 Å². The first-order valence-electron chi connectivity index (χ1n) is 7.34. The summed E-state index contributed by atoms with van der Waals surface area (Å²) in [5, 5.41) is 3.48. The van der Waals surface area contributed by atoms with Gasteiger partial charge in [0.2, 0.25) is 5.91 Å². The first kappa shape index (κ1) is 16.1. The van der Waals surface area contributed by atoms with Gasteiger partial charge in [-0.05, 0) is 40.0 Å². The molecule has 0 saturated carbocycles. The second-order valence-corrected chi connectivity index (χ2v) is 7.29. The van der Waals surface area contributed by atoms with Crippen LogP contribution in [0.25, 0.3) is 0 Å². The zero-order valence-corrected chi connectivity index (χ0v) is 13.7. The number of carbonyl (C=O) groups is 2. The molecule has 21 heavy (non-hydrogen) atoms. The fourth-order valence-electron chi connectivity index (χ4n) is 2.34. The zero-order valence-electron chi connectivity index (χ0n) is 12.8. The van der Waals surface area contributed by atoms with Crippen LogP contribution < -0.4 is 5.32 Å². The van der Waals surface area contributed by atoms with Crippen molar-refractivity contribution in [1.29, 1.82) is 0 Å². The van der Waals surface area contributed by atoms with E-state index >= 15 is 0 Å². The van der Waals surface area contributed by atoms with Gasteiger partial charge in [0.15, 0.2) is 5.17 Å². The Bertz CT molecular complexity index is 445. The Morgan fingerprint density at radius 1 is 1.38 bits per heavy atom. The molecule has 6 nitrogen and oxygen atoms in total. The first-order chi connectivity index (χ1) is 9.87. The summed E-state index contributed by atoms with van der Waals surface area (Å²) in [6, 6.07) is -0.461. The average Bonchev–Trinajstić information content (AvgIpc) is 2.89. The van der Waals surface area contributed by atoms with Crippen molar-refractivity contribution < 1.29 is 14.3 Å². The lowest BCUT2D eigenvalue weighted by molar-refractivity contribution is -0.126. The molecule has 2 rings (SSSR count). The fourth-order valence-corrected chi connectivity index (χ4v) is 3.07. The number of carbonyl (C=O) groups excluding carboxylic acids is 2. The van der Waals surface area contributed by atoms with Crippen LogP contribution in [0.3, 0.4) is 0 Å². The number of thioether (sulfide) groups is 1. The van der Waals surface area contributed by atoms with Crippen LogP contribution in [0, 0.1) is 0 Å². The van der Waals surface area contributed by atoms with E-state index in [0.717, 1.165) is 25.1 Å². The van der Waals surface area contributed by atoms with E-state index in [0.29, 0.717) is 18.1 Å². The van der Waals surface area contributed by atoms with Gasteiger partial charge in [0.25, 0.3) is 0 Å². The predicted molar refractivity (Wildman–Crippen MR) is 83.5 cm³/mol. The Labute approximate surface area is 129 Å². The molecule has 1 fully saturated rings. The van der Waals surface area contributed by atoms with Gasteiger partial charge in [-0.15, -0.1) is 0 Å². The lowest BCUT2D eigenvalue weighted by Gasteiger charge is -2.35. The molecule has 2 aliphatic rings. The van der Waals surface area contributed by atoms with E-state index in [1.54, 1.807) is 4.90 Å². The average molecular weight is 313 g/mol. The minimum absolute atomic E-state index is 0.159. The Balaban J connectivity index is 2.00. The molecule has 0 radical (unpaired) electrons. The molecule has 0 bridgehead atoms. The van der Waals surface area contributed by atoms with E-state index in [1.807, 2.05) is 20.8 Å². The van der Waals surface area contributed by atoms with Crippen molar-refractivity contribution in [3.8, 4) is 0 Å². The van der Waals surface area contributed by atoms with E-state index in [1.165, 1.54) is 11.8 Å². The molecule has 118 valence electrons. The molecular weight excluding hydrogens is 290 g/mol. The number of amides is 2. The molecular formula is C14H23N3O3S. The number of amidine groups is 1. The Kier molecular flexibility index (Phi) is 5.13. The minimum atomic E-state index is -0.555. The minimum Gasteiger partial charge on any atom is -0.444 e. The van der Waals surface area contributed by atoms with Crippen molar-refractivity contribution in [2.45, 2.75) is 51.7 Å². The van der Waals surface area contributed by atoms with Crippen molar-refractivity contribution in [3.05, 3.63) is 0 Å². The first-order valence-corrected chi connectivity index (χ1v) is 8.33. The van der Waals surface area contributed by atoms with Crippen molar-refractivity contribution in [1.82, 2.24) is 10.2 Å². The van der Waals surface area contributed by atoms with Gasteiger partial charge in [0.1, 0.15) is 11.6 Å². The normalized spacial score (nSPS) is 22.7. The largest absolute Gasteiger partial charge is 0.444 e. The van der Waals surface area contributed by atoms with Crippen LogP contribution in [0.1, 0.15) is 40.0 Å². The van der Waals surface area contributed by atoms with Crippen LogP contribution in [0.4, 0.5) is 4.79 Å². The highest BCUT2D eigenvalue weighted by atomic mass is 32.2. The number of nitrogens with zero attached hydrogens (tertiary/aromatic N) is 2. The van der Waals surface area contributed by atoms with Crippen molar-refractivity contribution in [2.24, 2.45) is 4.99 Å². The van der Waals surface area contributed by atoms with E-state index in [-0.39, 0.29) is 5.91 Å². The maximum Gasteiger partial charge on any atom is 0.410 e. The van der Waals surface area contributed by atoms with E-state index in [2.05, 4.69) is 10.3 Å². The molecule has 1 N–H and O–H groups in total. The van der Waals surface area contributed by atoms with Crippen LogP contribution in [-0.2, 0) is 9.53 Å². The summed E-state index contributed by atoms with van der Waals surface area (Å²) in [5.41, 5.74) is -0.555. The molecule has 0 aromatic heterocycles. The number of hydrogen-bond donors (Lipinski definition) is 1. The lowest BCUT2D eigenvalue weighted by atomic mass is 10.0. The smallest absolute Gasteiger partial charge is 0.410 e. The number of aliphatic imine (C=N–C) groups is 1. The van der Waals surface area contributed by atoms with Gasteiger partial charge < -0.3 is 10.1 Å². The zero-order chi connectivity index (χ0) is 15.5. The monoisotopic (exact) mass is 313 g/mol. The maximum absolute atomic E-state index is 12.4. The molecule has 7 heteroatoms. The summed E-state index contributed by atoms with van der Waals surface area (Å²) in [4.78, 5) is 30.4. The molecule has 0 unspecified atom stereocenters. The summed E-state index contributed by atoms with van der Waals surface area (Å²) in [7, 11) is 0. The van der Waals surface area contributed by atoms with E-state index in [9.17, 15) is 9.59 Å². The fraction of sp³-hybridized carbons (Fsp3) is 0.786. The van der Waals surface area contributed by atoms with Gasteiger partial charge in [0.05, 0.1) is 6.54 Å². The van der Waals surface area contributed by atoms with Crippen molar-refractivity contribution in [2.75, 3.05) is 18.8 Å². The molecule has 2 aliphatic heterocycles. The molecule has 1 atom stereocenters. The van der Waals surface area contributed by atoms with Crippen molar-refractivity contribution in [3.63, 3.8) is 0 Å². The SMILES string of the molecule is CC(C)(C)OC(=O)N1CCCC[C@@H]1C(=O)NC1=NCCS1. The summed E-state index contributed by atoms with van der Waals surface area (Å²) in [5.74, 6) is 0.740. The number of hydrogen-bond acceptors (Lipinski definition) is 5. The van der Waals surface area contributed by atoms with Crippen molar-refractivity contribution >= 4 is 28.9 Å². The van der Waals surface area contributed by atoms with Crippen LogP contribution in [0.2, 0.25) is 0 Å². The number of ether oxygens (including phenoxy) is 1.